The molecule has 2 aromatic rings. The van der Waals surface area contributed by atoms with Crippen LogP contribution in [0.15, 0.2) is 30.5 Å². The highest BCUT2D eigenvalue weighted by Crippen LogP contribution is 2.29. The van der Waals surface area contributed by atoms with Gasteiger partial charge in [0, 0.05) is 30.9 Å². The fourth-order valence-electron chi connectivity index (χ4n) is 2.70. The predicted molar refractivity (Wildman–Crippen MR) is 85.7 cm³/mol. The Balaban J connectivity index is 1.95. The van der Waals surface area contributed by atoms with Gasteiger partial charge >= 0.3 is 0 Å². The quantitative estimate of drug-likeness (QED) is 0.867. The van der Waals surface area contributed by atoms with Crippen LogP contribution in [-0.2, 0) is 0 Å². The molecule has 2 aromatic heterocycles. The zero-order valence-corrected chi connectivity index (χ0v) is 13.3. The third-order valence-electron chi connectivity index (χ3n) is 3.91. The molecule has 1 saturated heterocycles. The summed E-state index contributed by atoms with van der Waals surface area (Å²) < 4.78 is 10.4. The van der Waals surface area contributed by atoms with E-state index in [9.17, 15) is 4.79 Å². The van der Waals surface area contributed by atoms with Gasteiger partial charge in [0.25, 0.3) is 5.91 Å². The molecule has 0 unspecified atom stereocenters. The minimum absolute atomic E-state index is 0.0478. The molecule has 1 aliphatic rings. The van der Waals surface area contributed by atoms with E-state index in [0.29, 0.717) is 23.0 Å². The highest BCUT2D eigenvalue weighted by Gasteiger charge is 2.20. The van der Waals surface area contributed by atoms with E-state index in [1.54, 1.807) is 38.6 Å². The normalized spacial score (nSPS) is 13.9. The Morgan fingerprint density at radius 2 is 1.91 bits per heavy atom. The third kappa shape index (κ3) is 3.11. The van der Waals surface area contributed by atoms with Crippen LogP contribution in [0.5, 0.6) is 11.8 Å². The Morgan fingerprint density at radius 1 is 1.13 bits per heavy atom. The van der Waals surface area contributed by atoms with Crippen LogP contribution in [0.2, 0.25) is 0 Å². The number of aromatic nitrogens is 2. The molecule has 0 N–H and O–H groups in total. The lowest BCUT2D eigenvalue weighted by atomic mass is 10.1. The molecule has 3 heterocycles. The van der Waals surface area contributed by atoms with E-state index in [-0.39, 0.29) is 5.91 Å². The summed E-state index contributed by atoms with van der Waals surface area (Å²) in [4.78, 5) is 23.0. The Bertz CT molecular complexity index is 712. The molecule has 1 aliphatic heterocycles. The lowest BCUT2D eigenvalue weighted by Crippen LogP contribution is -2.27. The van der Waals surface area contributed by atoms with Crippen molar-refractivity contribution in [1.82, 2.24) is 14.9 Å². The van der Waals surface area contributed by atoms with Crippen LogP contribution >= 0.6 is 0 Å². The van der Waals surface area contributed by atoms with Crippen molar-refractivity contribution in [2.45, 2.75) is 12.8 Å². The van der Waals surface area contributed by atoms with Gasteiger partial charge in [-0.1, -0.05) is 0 Å². The van der Waals surface area contributed by atoms with Crippen molar-refractivity contribution in [3.63, 3.8) is 0 Å². The molecule has 0 aliphatic carbocycles. The van der Waals surface area contributed by atoms with Gasteiger partial charge in [-0.15, -0.1) is 0 Å². The molecule has 0 atom stereocenters. The van der Waals surface area contributed by atoms with Crippen molar-refractivity contribution >= 4 is 5.91 Å². The van der Waals surface area contributed by atoms with E-state index in [1.165, 1.54) is 0 Å². The van der Waals surface area contributed by atoms with Gasteiger partial charge in [0.15, 0.2) is 0 Å². The molecule has 0 aromatic carbocycles. The number of rotatable bonds is 4. The third-order valence-corrected chi connectivity index (χ3v) is 3.91. The van der Waals surface area contributed by atoms with Crippen LogP contribution in [0, 0.1) is 0 Å². The van der Waals surface area contributed by atoms with Crippen molar-refractivity contribution in [2.24, 2.45) is 0 Å². The summed E-state index contributed by atoms with van der Waals surface area (Å²) >= 11 is 0. The van der Waals surface area contributed by atoms with Gasteiger partial charge in [-0.3, -0.25) is 9.78 Å². The van der Waals surface area contributed by atoms with Crippen molar-refractivity contribution in [3.05, 3.63) is 36.0 Å². The Hall–Kier alpha value is -2.63. The van der Waals surface area contributed by atoms with Crippen molar-refractivity contribution < 1.29 is 14.3 Å². The van der Waals surface area contributed by atoms with Crippen LogP contribution in [0.4, 0.5) is 0 Å². The first-order valence-electron chi connectivity index (χ1n) is 7.57. The Morgan fingerprint density at radius 3 is 2.61 bits per heavy atom. The number of pyridine rings is 2. The molecule has 23 heavy (non-hydrogen) atoms. The standard InChI is InChI=1S/C17H19N3O3/c1-22-15-6-5-13(16(19-15)23-2)14-11-12(7-8-18-14)17(21)20-9-3-4-10-20/h5-8,11H,3-4,9-10H2,1-2H3. The van der Waals surface area contributed by atoms with Crippen molar-refractivity contribution in [1.29, 1.82) is 0 Å². The maximum Gasteiger partial charge on any atom is 0.253 e. The van der Waals surface area contributed by atoms with Crippen LogP contribution in [0.1, 0.15) is 23.2 Å². The van der Waals surface area contributed by atoms with Crippen LogP contribution < -0.4 is 9.47 Å². The molecule has 0 radical (unpaired) electrons. The zero-order chi connectivity index (χ0) is 16.2. The molecular formula is C17H19N3O3. The largest absolute Gasteiger partial charge is 0.481 e. The van der Waals surface area contributed by atoms with Gasteiger partial charge in [0.05, 0.1) is 25.5 Å². The Kier molecular flexibility index (Phi) is 4.41. The first kappa shape index (κ1) is 15.3. The second-order valence-corrected chi connectivity index (χ2v) is 5.34. The van der Waals surface area contributed by atoms with E-state index >= 15 is 0 Å². The van der Waals surface area contributed by atoms with Gasteiger partial charge in [-0.25, -0.2) is 0 Å². The van der Waals surface area contributed by atoms with Crippen LogP contribution in [-0.4, -0.2) is 48.1 Å². The summed E-state index contributed by atoms with van der Waals surface area (Å²) in [7, 11) is 3.10. The van der Waals surface area contributed by atoms with Crippen LogP contribution in [0.25, 0.3) is 11.3 Å². The number of nitrogens with zero attached hydrogens (tertiary/aromatic N) is 3. The zero-order valence-electron chi connectivity index (χ0n) is 13.3. The average Bonchev–Trinajstić information content (AvgIpc) is 3.15. The number of hydrogen-bond donors (Lipinski definition) is 0. The molecule has 1 fully saturated rings. The summed E-state index contributed by atoms with van der Waals surface area (Å²) in [6, 6.07) is 7.10. The van der Waals surface area contributed by atoms with Crippen molar-refractivity contribution in [2.75, 3.05) is 27.3 Å². The predicted octanol–water partition coefficient (Wildman–Crippen LogP) is 2.40. The van der Waals surface area contributed by atoms with E-state index in [0.717, 1.165) is 31.5 Å². The summed E-state index contributed by atoms with van der Waals surface area (Å²) in [6.07, 6.45) is 3.78. The topological polar surface area (TPSA) is 64.5 Å². The van der Waals surface area contributed by atoms with E-state index in [2.05, 4.69) is 9.97 Å². The number of hydrogen-bond acceptors (Lipinski definition) is 5. The molecule has 1 amide bonds. The fraction of sp³-hybridized carbons (Fsp3) is 0.353. The van der Waals surface area contributed by atoms with Gasteiger partial charge in [-0.05, 0) is 31.0 Å². The minimum Gasteiger partial charge on any atom is -0.481 e. The van der Waals surface area contributed by atoms with Gasteiger partial charge in [-0.2, -0.15) is 4.98 Å². The summed E-state index contributed by atoms with van der Waals surface area (Å²) in [6.45, 7) is 1.65. The van der Waals surface area contributed by atoms with Gasteiger partial charge < -0.3 is 14.4 Å². The first-order valence-corrected chi connectivity index (χ1v) is 7.57. The second kappa shape index (κ2) is 6.64. The SMILES string of the molecule is COc1ccc(-c2cc(C(=O)N3CCCC3)ccn2)c(OC)n1. The number of carbonyl (C=O) groups is 1. The summed E-state index contributed by atoms with van der Waals surface area (Å²) in [5, 5.41) is 0. The molecule has 0 bridgehead atoms. The van der Waals surface area contributed by atoms with E-state index < -0.39 is 0 Å². The Labute approximate surface area is 135 Å². The minimum atomic E-state index is 0.0478. The van der Waals surface area contributed by atoms with E-state index in [1.807, 2.05) is 11.0 Å². The number of ether oxygens (including phenoxy) is 2. The molecular weight excluding hydrogens is 294 g/mol. The maximum absolute atomic E-state index is 12.5. The number of likely N-dealkylation sites (tertiary alicyclic amines) is 1. The highest BCUT2D eigenvalue weighted by molar-refractivity contribution is 5.95. The molecule has 6 heteroatoms. The lowest BCUT2D eigenvalue weighted by molar-refractivity contribution is 0.0792. The smallest absolute Gasteiger partial charge is 0.253 e. The molecule has 0 saturated carbocycles. The lowest BCUT2D eigenvalue weighted by Gasteiger charge is -2.15. The number of carbonyl (C=O) groups excluding carboxylic acids is 1. The maximum atomic E-state index is 12.5. The monoisotopic (exact) mass is 313 g/mol. The van der Waals surface area contributed by atoms with E-state index in [4.69, 9.17) is 9.47 Å². The summed E-state index contributed by atoms with van der Waals surface area (Å²) in [5.74, 6) is 0.934. The molecule has 120 valence electrons. The second-order valence-electron chi connectivity index (χ2n) is 5.34. The average molecular weight is 313 g/mol. The van der Waals surface area contributed by atoms with Gasteiger partial charge in [0.1, 0.15) is 0 Å². The molecule has 3 rings (SSSR count). The first-order chi connectivity index (χ1) is 11.2. The van der Waals surface area contributed by atoms with Crippen molar-refractivity contribution in [3.8, 4) is 23.0 Å². The highest BCUT2D eigenvalue weighted by atomic mass is 16.5. The summed E-state index contributed by atoms with van der Waals surface area (Å²) in [5.41, 5.74) is 2.01. The molecule has 6 nitrogen and oxygen atoms in total. The molecule has 0 spiro atoms. The number of methoxy groups -OCH3 is 2. The van der Waals surface area contributed by atoms with Crippen LogP contribution in [0.3, 0.4) is 0 Å². The fourth-order valence-corrected chi connectivity index (χ4v) is 2.70. The number of amides is 1. The van der Waals surface area contributed by atoms with Gasteiger partial charge in [0.2, 0.25) is 11.8 Å².